The molecule has 1 aromatic carbocycles. The molecule has 0 fully saturated rings. The van der Waals surface area contributed by atoms with Crippen molar-refractivity contribution in [3.05, 3.63) is 40.5 Å². The lowest BCUT2D eigenvalue weighted by atomic mass is 9.90. The van der Waals surface area contributed by atoms with Crippen LogP contribution in [0.2, 0.25) is 5.15 Å². The maximum absolute atomic E-state index is 6.16. The van der Waals surface area contributed by atoms with E-state index < -0.39 is 0 Å². The van der Waals surface area contributed by atoms with Gasteiger partial charge in [-0.15, -0.1) is 0 Å². The van der Waals surface area contributed by atoms with Crippen LogP contribution in [0, 0.1) is 0 Å². The first-order chi connectivity index (χ1) is 8.29. The standard InChI is InChI=1S/C13H11ClN2O/c1-17-13-15-11-9-5-3-2-4-8(9)6-7-10(11)12(14)16-13/h2-5H,6-7H2,1H3. The quantitative estimate of drug-likeness (QED) is 0.726. The predicted octanol–water partition coefficient (Wildman–Crippen LogP) is 2.90. The molecule has 0 unspecified atom stereocenters. The Morgan fingerprint density at radius 2 is 2.00 bits per heavy atom. The number of hydrogen-bond acceptors (Lipinski definition) is 3. The second-order valence-electron chi connectivity index (χ2n) is 3.99. The second-order valence-corrected chi connectivity index (χ2v) is 4.34. The van der Waals surface area contributed by atoms with Crippen LogP contribution in [0.1, 0.15) is 11.1 Å². The SMILES string of the molecule is COc1nc(Cl)c2c(n1)-c1ccccc1CC2. The van der Waals surface area contributed by atoms with Gasteiger partial charge in [-0.25, -0.2) is 0 Å². The number of halogens is 1. The van der Waals surface area contributed by atoms with Gasteiger partial charge >= 0.3 is 6.01 Å². The van der Waals surface area contributed by atoms with Crippen molar-refractivity contribution in [2.45, 2.75) is 12.8 Å². The topological polar surface area (TPSA) is 35.0 Å². The van der Waals surface area contributed by atoms with Crippen LogP contribution >= 0.6 is 11.6 Å². The lowest BCUT2D eigenvalue weighted by Gasteiger charge is -2.19. The van der Waals surface area contributed by atoms with Crippen LogP contribution in [0.3, 0.4) is 0 Å². The van der Waals surface area contributed by atoms with Gasteiger partial charge in [-0.05, 0) is 18.4 Å². The van der Waals surface area contributed by atoms with Crippen LogP contribution in [-0.2, 0) is 12.8 Å². The minimum atomic E-state index is 0.324. The monoisotopic (exact) mass is 246 g/mol. The van der Waals surface area contributed by atoms with Crippen LogP contribution in [0.4, 0.5) is 0 Å². The van der Waals surface area contributed by atoms with E-state index in [4.69, 9.17) is 16.3 Å². The molecule has 0 amide bonds. The third kappa shape index (κ3) is 1.67. The Morgan fingerprint density at radius 1 is 1.18 bits per heavy atom. The summed E-state index contributed by atoms with van der Waals surface area (Å²) in [5, 5.41) is 0.501. The number of rotatable bonds is 1. The lowest BCUT2D eigenvalue weighted by molar-refractivity contribution is 0.380. The Morgan fingerprint density at radius 3 is 2.82 bits per heavy atom. The van der Waals surface area contributed by atoms with Gasteiger partial charge in [-0.3, -0.25) is 0 Å². The van der Waals surface area contributed by atoms with Crippen LogP contribution < -0.4 is 4.74 Å². The van der Waals surface area contributed by atoms with E-state index in [1.165, 1.54) is 5.56 Å². The molecule has 4 heteroatoms. The average molecular weight is 247 g/mol. The van der Waals surface area contributed by atoms with Crippen LogP contribution in [0.15, 0.2) is 24.3 Å². The summed E-state index contributed by atoms with van der Waals surface area (Å²) in [7, 11) is 1.55. The van der Waals surface area contributed by atoms with Gasteiger partial charge in [0.15, 0.2) is 0 Å². The van der Waals surface area contributed by atoms with Crippen molar-refractivity contribution in [1.29, 1.82) is 0 Å². The molecule has 17 heavy (non-hydrogen) atoms. The summed E-state index contributed by atoms with van der Waals surface area (Å²) in [6, 6.07) is 8.57. The summed E-state index contributed by atoms with van der Waals surface area (Å²) in [5.41, 5.74) is 4.36. The molecule has 1 heterocycles. The highest BCUT2D eigenvalue weighted by Gasteiger charge is 2.21. The molecule has 1 aliphatic carbocycles. The van der Waals surface area contributed by atoms with Crippen molar-refractivity contribution in [3.63, 3.8) is 0 Å². The fourth-order valence-corrected chi connectivity index (χ4v) is 2.46. The first-order valence-corrected chi connectivity index (χ1v) is 5.86. The van der Waals surface area contributed by atoms with Gasteiger partial charge in [0.1, 0.15) is 5.15 Å². The molecular formula is C13H11ClN2O. The van der Waals surface area contributed by atoms with E-state index in [-0.39, 0.29) is 0 Å². The van der Waals surface area contributed by atoms with Gasteiger partial charge in [0.2, 0.25) is 0 Å². The molecule has 86 valence electrons. The fourth-order valence-electron chi connectivity index (χ4n) is 2.20. The van der Waals surface area contributed by atoms with E-state index in [0.717, 1.165) is 29.7 Å². The molecule has 0 saturated heterocycles. The zero-order chi connectivity index (χ0) is 11.8. The number of hydrogen-bond donors (Lipinski definition) is 0. The Labute approximate surface area is 104 Å². The number of aryl methyl sites for hydroxylation is 1. The van der Waals surface area contributed by atoms with E-state index in [1.54, 1.807) is 7.11 Å². The molecule has 0 saturated carbocycles. The highest BCUT2D eigenvalue weighted by Crippen LogP contribution is 2.35. The smallest absolute Gasteiger partial charge is 0.318 e. The number of methoxy groups -OCH3 is 1. The molecule has 0 aliphatic heterocycles. The van der Waals surface area contributed by atoms with E-state index in [1.807, 2.05) is 12.1 Å². The van der Waals surface area contributed by atoms with Crippen LogP contribution in [0.5, 0.6) is 6.01 Å². The highest BCUT2D eigenvalue weighted by atomic mass is 35.5. The van der Waals surface area contributed by atoms with Gasteiger partial charge in [0.25, 0.3) is 0 Å². The van der Waals surface area contributed by atoms with Crippen LogP contribution in [0.25, 0.3) is 11.3 Å². The largest absolute Gasteiger partial charge is 0.467 e. The molecule has 0 atom stereocenters. The zero-order valence-electron chi connectivity index (χ0n) is 9.40. The Hall–Kier alpha value is -1.61. The third-order valence-electron chi connectivity index (χ3n) is 3.04. The van der Waals surface area contributed by atoms with Crippen molar-refractivity contribution >= 4 is 11.6 Å². The minimum absolute atomic E-state index is 0.324. The molecule has 0 spiro atoms. The second kappa shape index (κ2) is 4.00. The average Bonchev–Trinajstić information content (AvgIpc) is 2.38. The third-order valence-corrected chi connectivity index (χ3v) is 3.35. The van der Waals surface area contributed by atoms with Gasteiger partial charge in [-0.2, -0.15) is 9.97 Å². The summed E-state index contributed by atoms with van der Waals surface area (Å²) >= 11 is 6.16. The maximum atomic E-state index is 6.16. The highest BCUT2D eigenvalue weighted by molar-refractivity contribution is 6.30. The van der Waals surface area contributed by atoms with E-state index in [0.29, 0.717) is 11.2 Å². The van der Waals surface area contributed by atoms with E-state index >= 15 is 0 Å². The molecule has 0 N–H and O–H groups in total. The summed E-state index contributed by atoms with van der Waals surface area (Å²) in [6.45, 7) is 0. The van der Waals surface area contributed by atoms with Gasteiger partial charge < -0.3 is 4.74 Å². The molecule has 3 rings (SSSR count). The van der Waals surface area contributed by atoms with Gasteiger partial charge in [0.05, 0.1) is 12.8 Å². The number of nitrogens with zero attached hydrogens (tertiary/aromatic N) is 2. The summed E-state index contributed by atoms with van der Waals surface area (Å²) in [4.78, 5) is 8.53. The van der Waals surface area contributed by atoms with Crippen molar-refractivity contribution in [3.8, 4) is 17.3 Å². The molecule has 0 bridgehead atoms. The predicted molar refractivity (Wildman–Crippen MR) is 66.4 cm³/mol. The number of aromatic nitrogens is 2. The lowest BCUT2D eigenvalue weighted by Crippen LogP contribution is -2.08. The van der Waals surface area contributed by atoms with Crippen LogP contribution in [-0.4, -0.2) is 17.1 Å². The normalized spacial score (nSPS) is 12.8. The maximum Gasteiger partial charge on any atom is 0.318 e. The Bertz CT molecular complexity index is 584. The van der Waals surface area contributed by atoms with E-state index in [9.17, 15) is 0 Å². The summed E-state index contributed by atoms with van der Waals surface area (Å²) < 4.78 is 5.07. The molecule has 1 aromatic heterocycles. The molecule has 3 nitrogen and oxygen atoms in total. The van der Waals surface area contributed by atoms with Crippen molar-refractivity contribution < 1.29 is 4.74 Å². The molecular weight excluding hydrogens is 236 g/mol. The summed E-state index contributed by atoms with van der Waals surface area (Å²) in [6.07, 6.45) is 1.87. The fraction of sp³-hybridized carbons (Fsp3) is 0.231. The molecule has 0 radical (unpaired) electrons. The van der Waals surface area contributed by atoms with Crippen molar-refractivity contribution in [2.75, 3.05) is 7.11 Å². The first kappa shape index (κ1) is 10.5. The zero-order valence-corrected chi connectivity index (χ0v) is 10.2. The van der Waals surface area contributed by atoms with Gasteiger partial charge in [-0.1, -0.05) is 35.9 Å². The number of fused-ring (bicyclic) bond motifs is 3. The molecule has 2 aromatic rings. The first-order valence-electron chi connectivity index (χ1n) is 5.48. The summed E-state index contributed by atoms with van der Waals surface area (Å²) in [5.74, 6) is 0. The minimum Gasteiger partial charge on any atom is -0.467 e. The van der Waals surface area contributed by atoms with E-state index in [2.05, 4.69) is 22.1 Å². The Kier molecular flexibility index (Phi) is 2.48. The Balaban J connectivity index is 2.27. The number of ether oxygens (including phenoxy) is 1. The van der Waals surface area contributed by atoms with Crippen molar-refractivity contribution in [1.82, 2.24) is 9.97 Å². The van der Waals surface area contributed by atoms with Crippen molar-refractivity contribution in [2.24, 2.45) is 0 Å². The van der Waals surface area contributed by atoms with Gasteiger partial charge in [0, 0.05) is 11.1 Å². The number of benzene rings is 1. The molecule has 1 aliphatic rings.